The van der Waals surface area contributed by atoms with Gasteiger partial charge in [-0.3, -0.25) is 4.79 Å². The lowest BCUT2D eigenvalue weighted by Crippen LogP contribution is -2.34. The maximum atomic E-state index is 12.2. The molecule has 1 atom stereocenters. The van der Waals surface area contributed by atoms with Gasteiger partial charge in [0.1, 0.15) is 0 Å². The van der Waals surface area contributed by atoms with E-state index in [1.54, 1.807) is 0 Å². The van der Waals surface area contributed by atoms with Crippen molar-refractivity contribution in [1.82, 2.24) is 9.88 Å². The Morgan fingerprint density at radius 2 is 2.10 bits per heavy atom. The number of rotatable bonds is 7. The Labute approximate surface area is 127 Å². The number of nitrogens with one attached hydrogen (secondary N) is 1. The van der Waals surface area contributed by atoms with Crippen LogP contribution in [0.2, 0.25) is 0 Å². The van der Waals surface area contributed by atoms with Crippen molar-refractivity contribution in [2.24, 2.45) is 0 Å². The number of hydrogen-bond acceptors (Lipinski definition) is 1. The van der Waals surface area contributed by atoms with Crippen LogP contribution in [0.3, 0.4) is 0 Å². The van der Waals surface area contributed by atoms with Gasteiger partial charge in [0.05, 0.1) is 0 Å². The summed E-state index contributed by atoms with van der Waals surface area (Å²) in [5, 5.41) is 1.28. The van der Waals surface area contributed by atoms with Crippen LogP contribution in [0.1, 0.15) is 45.1 Å². The predicted molar refractivity (Wildman–Crippen MR) is 88.4 cm³/mol. The number of benzene rings is 1. The largest absolute Gasteiger partial charge is 0.361 e. The number of carbonyl (C=O) groups is 1. The van der Waals surface area contributed by atoms with E-state index in [2.05, 4.69) is 43.2 Å². The lowest BCUT2D eigenvalue weighted by atomic mass is 10.1. The number of nitrogens with zero attached hydrogens (tertiary/aromatic N) is 1. The number of aromatic nitrogens is 1. The quantitative estimate of drug-likeness (QED) is 0.816. The Morgan fingerprint density at radius 1 is 1.33 bits per heavy atom. The molecule has 2 aromatic rings. The zero-order valence-corrected chi connectivity index (χ0v) is 13.4. The van der Waals surface area contributed by atoms with E-state index in [4.69, 9.17) is 0 Å². The van der Waals surface area contributed by atoms with E-state index >= 15 is 0 Å². The number of aryl methyl sites for hydroxylation is 1. The van der Waals surface area contributed by atoms with Gasteiger partial charge in [0, 0.05) is 36.6 Å². The van der Waals surface area contributed by atoms with Crippen LogP contribution in [0.25, 0.3) is 10.9 Å². The van der Waals surface area contributed by atoms with Crippen molar-refractivity contribution in [2.45, 2.75) is 52.0 Å². The Hall–Kier alpha value is -1.77. The first-order valence-electron chi connectivity index (χ1n) is 7.94. The second-order valence-electron chi connectivity index (χ2n) is 5.86. The van der Waals surface area contributed by atoms with Gasteiger partial charge in [-0.25, -0.2) is 0 Å². The molecule has 0 spiro atoms. The lowest BCUT2D eigenvalue weighted by Gasteiger charge is -2.24. The third-order valence-corrected chi connectivity index (χ3v) is 4.27. The molecule has 0 saturated carbocycles. The second kappa shape index (κ2) is 7.30. The molecule has 0 aliphatic rings. The molecule has 3 nitrogen and oxygen atoms in total. The molecule has 0 radical (unpaired) electrons. The molecule has 1 aromatic heterocycles. The summed E-state index contributed by atoms with van der Waals surface area (Å²) in [7, 11) is 1.92. The summed E-state index contributed by atoms with van der Waals surface area (Å²) in [6, 6.07) is 8.67. The van der Waals surface area contributed by atoms with Crippen molar-refractivity contribution in [1.29, 1.82) is 0 Å². The van der Waals surface area contributed by atoms with Crippen LogP contribution in [0.15, 0.2) is 30.5 Å². The zero-order chi connectivity index (χ0) is 15.2. The van der Waals surface area contributed by atoms with E-state index in [9.17, 15) is 4.79 Å². The Kier molecular flexibility index (Phi) is 5.43. The van der Waals surface area contributed by atoms with Gasteiger partial charge < -0.3 is 9.88 Å². The van der Waals surface area contributed by atoms with Crippen LogP contribution >= 0.6 is 0 Å². The summed E-state index contributed by atoms with van der Waals surface area (Å²) in [6.45, 7) is 4.28. The van der Waals surface area contributed by atoms with Crippen LogP contribution in [0.4, 0.5) is 0 Å². The molecule has 1 aromatic carbocycles. The SMILES string of the molecule is CCCC(C)N(C)C(=O)CCCc1c[nH]c2ccccc12. The van der Waals surface area contributed by atoms with E-state index in [1.807, 2.05) is 18.0 Å². The standard InChI is InChI=1S/C18H26N2O/c1-4-8-14(2)20(3)18(21)12-7-9-15-13-19-17-11-6-5-10-16(15)17/h5-6,10-11,13-14,19H,4,7-9,12H2,1-3H3. The number of amides is 1. The summed E-state index contributed by atoms with van der Waals surface area (Å²) in [4.78, 5) is 17.4. The molecule has 1 amide bonds. The van der Waals surface area contributed by atoms with Gasteiger partial charge in [0.25, 0.3) is 0 Å². The van der Waals surface area contributed by atoms with Gasteiger partial charge in [-0.2, -0.15) is 0 Å². The molecule has 0 bridgehead atoms. The maximum Gasteiger partial charge on any atom is 0.222 e. The molecule has 3 heteroatoms. The number of carbonyl (C=O) groups excluding carboxylic acids is 1. The molecule has 0 aliphatic carbocycles. The first-order chi connectivity index (χ1) is 10.1. The molecule has 114 valence electrons. The number of hydrogen-bond donors (Lipinski definition) is 1. The number of fused-ring (bicyclic) bond motifs is 1. The highest BCUT2D eigenvalue weighted by molar-refractivity contribution is 5.83. The summed E-state index contributed by atoms with van der Waals surface area (Å²) in [5.41, 5.74) is 2.48. The molecule has 21 heavy (non-hydrogen) atoms. The molecule has 0 fully saturated rings. The van der Waals surface area contributed by atoms with Gasteiger partial charge in [-0.05, 0) is 37.8 Å². The Morgan fingerprint density at radius 3 is 2.86 bits per heavy atom. The van der Waals surface area contributed by atoms with Crippen LogP contribution in [-0.2, 0) is 11.2 Å². The summed E-state index contributed by atoms with van der Waals surface area (Å²) in [6.07, 6.45) is 6.75. The topological polar surface area (TPSA) is 36.1 Å². The first-order valence-corrected chi connectivity index (χ1v) is 7.94. The van der Waals surface area contributed by atoms with Gasteiger partial charge in [-0.1, -0.05) is 31.5 Å². The minimum absolute atomic E-state index is 0.260. The van der Waals surface area contributed by atoms with Crippen molar-refractivity contribution in [3.05, 3.63) is 36.0 Å². The van der Waals surface area contributed by atoms with Crippen molar-refractivity contribution in [3.8, 4) is 0 Å². The van der Waals surface area contributed by atoms with Gasteiger partial charge in [0.15, 0.2) is 0 Å². The fourth-order valence-electron chi connectivity index (χ4n) is 2.80. The van der Waals surface area contributed by atoms with Crippen LogP contribution < -0.4 is 0 Å². The summed E-state index contributed by atoms with van der Waals surface area (Å²) in [5.74, 6) is 0.260. The highest BCUT2D eigenvalue weighted by Crippen LogP contribution is 2.19. The summed E-state index contributed by atoms with van der Waals surface area (Å²) >= 11 is 0. The lowest BCUT2D eigenvalue weighted by molar-refractivity contribution is -0.131. The van der Waals surface area contributed by atoms with E-state index in [0.717, 1.165) is 25.7 Å². The smallest absolute Gasteiger partial charge is 0.222 e. The van der Waals surface area contributed by atoms with Crippen LogP contribution in [0.5, 0.6) is 0 Å². The third kappa shape index (κ3) is 3.87. The second-order valence-corrected chi connectivity index (χ2v) is 5.86. The minimum Gasteiger partial charge on any atom is -0.361 e. The van der Waals surface area contributed by atoms with E-state index in [1.165, 1.54) is 16.5 Å². The van der Waals surface area contributed by atoms with Crippen molar-refractivity contribution in [3.63, 3.8) is 0 Å². The van der Waals surface area contributed by atoms with E-state index in [-0.39, 0.29) is 5.91 Å². The Bertz CT molecular complexity index is 588. The average Bonchev–Trinajstić information content (AvgIpc) is 2.90. The highest BCUT2D eigenvalue weighted by atomic mass is 16.2. The maximum absolute atomic E-state index is 12.2. The molecular weight excluding hydrogens is 260 g/mol. The molecule has 1 heterocycles. The Balaban J connectivity index is 1.85. The molecule has 0 aliphatic heterocycles. The molecular formula is C18H26N2O. The number of para-hydroxylation sites is 1. The number of aromatic amines is 1. The van der Waals surface area contributed by atoms with Gasteiger partial charge in [0.2, 0.25) is 5.91 Å². The van der Waals surface area contributed by atoms with E-state index in [0.29, 0.717) is 12.5 Å². The minimum atomic E-state index is 0.260. The molecule has 1 unspecified atom stereocenters. The van der Waals surface area contributed by atoms with Crippen molar-refractivity contribution >= 4 is 16.8 Å². The first kappa shape index (κ1) is 15.6. The van der Waals surface area contributed by atoms with Crippen molar-refractivity contribution < 1.29 is 4.79 Å². The summed E-state index contributed by atoms with van der Waals surface area (Å²) < 4.78 is 0. The fourth-order valence-corrected chi connectivity index (χ4v) is 2.80. The van der Waals surface area contributed by atoms with E-state index < -0.39 is 0 Å². The number of H-pyrrole nitrogens is 1. The molecule has 0 saturated heterocycles. The average molecular weight is 286 g/mol. The normalized spacial score (nSPS) is 12.5. The predicted octanol–water partition coefficient (Wildman–Crippen LogP) is 4.14. The molecule has 2 rings (SSSR count). The fraction of sp³-hybridized carbons (Fsp3) is 0.500. The van der Waals surface area contributed by atoms with Crippen LogP contribution in [0, 0.1) is 0 Å². The van der Waals surface area contributed by atoms with Gasteiger partial charge in [-0.15, -0.1) is 0 Å². The highest BCUT2D eigenvalue weighted by Gasteiger charge is 2.14. The van der Waals surface area contributed by atoms with Crippen LogP contribution in [-0.4, -0.2) is 28.9 Å². The third-order valence-electron chi connectivity index (χ3n) is 4.27. The monoisotopic (exact) mass is 286 g/mol. The van der Waals surface area contributed by atoms with Gasteiger partial charge >= 0.3 is 0 Å². The zero-order valence-electron chi connectivity index (χ0n) is 13.4. The molecule has 1 N–H and O–H groups in total. The van der Waals surface area contributed by atoms with Crippen molar-refractivity contribution in [2.75, 3.05) is 7.05 Å².